The van der Waals surface area contributed by atoms with Gasteiger partial charge in [-0.15, -0.1) is 0 Å². The Labute approximate surface area is 145 Å². The summed E-state index contributed by atoms with van der Waals surface area (Å²) in [6.45, 7) is 2.47. The molecule has 0 unspecified atom stereocenters. The van der Waals surface area contributed by atoms with E-state index in [1.54, 1.807) is 0 Å². The predicted octanol–water partition coefficient (Wildman–Crippen LogP) is 2.78. The second-order valence-electron chi connectivity index (χ2n) is 5.51. The summed E-state index contributed by atoms with van der Waals surface area (Å²) >= 11 is 0. The Morgan fingerprint density at radius 2 is 1.67 bits per heavy atom. The van der Waals surface area contributed by atoms with Crippen molar-refractivity contribution < 1.29 is 28.9 Å². The Morgan fingerprint density at radius 1 is 0.958 bits per heavy atom. The smallest absolute Gasteiger partial charge is 0.344 e. The summed E-state index contributed by atoms with van der Waals surface area (Å²) in [6.07, 6.45) is 11.3. The summed E-state index contributed by atoms with van der Waals surface area (Å²) in [5, 5.41) is 8.49. The fourth-order valence-electron chi connectivity index (χ4n) is 2.00. The van der Waals surface area contributed by atoms with Crippen LogP contribution in [0.3, 0.4) is 0 Å². The van der Waals surface area contributed by atoms with E-state index in [0.29, 0.717) is 6.42 Å². The van der Waals surface area contributed by atoms with Crippen molar-refractivity contribution in [3.63, 3.8) is 0 Å². The lowest BCUT2D eigenvalue weighted by Crippen LogP contribution is -2.15. The zero-order chi connectivity index (χ0) is 17.9. The van der Waals surface area contributed by atoms with Crippen molar-refractivity contribution in [2.75, 3.05) is 33.0 Å². The van der Waals surface area contributed by atoms with Gasteiger partial charge in [0.15, 0.2) is 12.4 Å². The third-order valence-corrected chi connectivity index (χ3v) is 3.30. The molecule has 0 aliphatic carbocycles. The van der Waals surface area contributed by atoms with Gasteiger partial charge >= 0.3 is 5.97 Å². The lowest BCUT2D eigenvalue weighted by atomic mass is 10.1. The van der Waals surface area contributed by atoms with E-state index in [0.717, 1.165) is 12.8 Å². The highest BCUT2D eigenvalue weighted by molar-refractivity contribution is 5.89. The first kappa shape index (κ1) is 22.6. The van der Waals surface area contributed by atoms with Crippen molar-refractivity contribution in [3.05, 3.63) is 12.3 Å². The minimum atomic E-state index is -0.522. The summed E-state index contributed by atoms with van der Waals surface area (Å²) in [4.78, 5) is 22.8. The molecule has 1 N–H and O–H groups in total. The second-order valence-corrected chi connectivity index (χ2v) is 5.51. The van der Waals surface area contributed by atoms with Crippen LogP contribution in [-0.2, 0) is 23.8 Å². The van der Waals surface area contributed by atoms with Crippen LogP contribution < -0.4 is 0 Å². The molecule has 0 aliphatic heterocycles. The maximum absolute atomic E-state index is 11.6. The normalized spacial score (nSPS) is 10.9. The van der Waals surface area contributed by atoms with E-state index in [4.69, 9.17) is 19.3 Å². The van der Waals surface area contributed by atoms with E-state index in [1.165, 1.54) is 44.4 Å². The number of hydrogen-bond acceptors (Lipinski definition) is 6. The Bertz CT molecular complexity index is 340. The van der Waals surface area contributed by atoms with E-state index in [1.807, 2.05) is 0 Å². The van der Waals surface area contributed by atoms with Gasteiger partial charge in [0.2, 0.25) is 0 Å². The largest absolute Gasteiger partial charge is 0.489 e. The highest BCUT2D eigenvalue weighted by Gasteiger charge is 2.02. The van der Waals surface area contributed by atoms with Crippen LogP contribution in [0.5, 0.6) is 0 Å². The highest BCUT2D eigenvalue weighted by Crippen LogP contribution is 2.08. The number of hydrogen-bond donors (Lipinski definition) is 1. The minimum absolute atomic E-state index is 0.00864. The lowest BCUT2D eigenvalue weighted by molar-refractivity contribution is -0.148. The Balaban J connectivity index is 3.45. The Morgan fingerprint density at radius 3 is 2.38 bits per heavy atom. The molecule has 0 bridgehead atoms. The number of allylic oxidation sites excluding steroid dienone is 1. The number of rotatable bonds is 17. The first-order valence-electron chi connectivity index (χ1n) is 8.86. The number of ketones is 1. The molecular weight excluding hydrogens is 312 g/mol. The quantitative estimate of drug-likeness (QED) is 0.189. The molecule has 0 aromatic carbocycles. The molecule has 0 atom stereocenters. The molecule has 6 heteroatoms. The molecule has 140 valence electrons. The standard InChI is InChI=1S/C18H32O6/c1-2-3-4-5-6-7-8-9-17(20)10-12-23-16-18(21)24-15-14-22-13-11-19/h10,12,19H,2-9,11,13-16H2,1H3/b12-10-. The van der Waals surface area contributed by atoms with E-state index in [-0.39, 0.29) is 38.8 Å². The molecule has 0 heterocycles. The van der Waals surface area contributed by atoms with Crippen molar-refractivity contribution in [2.45, 2.75) is 58.3 Å². The molecule has 0 spiro atoms. The van der Waals surface area contributed by atoms with Gasteiger partial charge < -0.3 is 19.3 Å². The Hall–Kier alpha value is -1.40. The summed E-state index contributed by atoms with van der Waals surface area (Å²) in [5.74, 6) is -0.513. The maximum Gasteiger partial charge on any atom is 0.344 e. The number of esters is 1. The van der Waals surface area contributed by atoms with Gasteiger partial charge in [-0.2, -0.15) is 0 Å². The molecule has 0 fully saturated rings. The lowest BCUT2D eigenvalue weighted by Gasteiger charge is -2.04. The van der Waals surface area contributed by atoms with Gasteiger partial charge in [0.25, 0.3) is 0 Å². The van der Waals surface area contributed by atoms with Crippen LogP contribution in [-0.4, -0.2) is 49.9 Å². The first-order valence-corrected chi connectivity index (χ1v) is 8.86. The predicted molar refractivity (Wildman–Crippen MR) is 91.6 cm³/mol. The fourth-order valence-corrected chi connectivity index (χ4v) is 2.00. The maximum atomic E-state index is 11.6. The van der Waals surface area contributed by atoms with E-state index < -0.39 is 5.97 Å². The number of unbranched alkanes of at least 4 members (excludes halogenated alkanes) is 6. The number of carbonyl (C=O) groups excluding carboxylic acids is 2. The third kappa shape index (κ3) is 17.0. The molecule has 0 aliphatic rings. The van der Waals surface area contributed by atoms with Gasteiger partial charge in [0.05, 0.1) is 26.1 Å². The molecular formula is C18H32O6. The summed E-state index contributed by atoms with van der Waals surface area (Å²) in [6, 6.07) is 0. The van der Waals surface area contributed by atoms with Crippen LogP contribution in [0.4, 0.5) is 0 Å². The molecule has 6 nitrogen and oxygen atoms in total. The average Bonchev–Trinajstić information content (AvgIpc) is 2.58. The van der Waals surface area contributed by atoms with Crippen molar-refractivity contribution in [1.82, 2.24) is 0 Å². The minimum Gasteiger partial charge on any atom is -0.489 e. The van der Waals surface area contributed by atoms with Gasteiger partial charge in [-0.05, 0) is 6.42 Å². The molecule has 0 amide bonds. The van der Waals surface area contributed by atoms with Gasteiger partial charge in [-0.1, -0.05) is 45.4 Å². The van der Waals surface area contributed by atoms with E-state index in [2.05, 4.69) is 6.92 Å². The summed E-state index contributed by atoms with van der Waals surface area (Å²) in [5.41, 5.74) is 0. The van der Waals surface area contributed by atoms with Crippen molar-refractivity contribution >= 4 is 11.8 Å². The number of aliphatic hydroxyl groups is 1. The highest BCUT2D eigenvalue weighted by atomic mass is 16.6. The zero-order valence-electron chi connectivity index (χ0n) is 14.8. The van der Waals surface area contributed by atoms with E-state index in [9.17, 15) is 9.59 Å². The van der Waals surface area contributed by atoms with Crippen molar-refractivity contribution in [1.29, 1.82) is 0 Å². The van der Waals surface area contributed by atoms with Crippen molar-refractivity contribution in [2.24, 2.45) is 0 Å². The van der Waals surface area contributed by atoms with Crippen LogP contribution in [0, 0.1) is 0 Å². The van der Waals surface area contributed by atoms with Crippen LogP contribution in [0.15, 0.2) is 12.3 Å². The summed E-state index contributed by atoms with van der Waals surface area (Å²) in [7, 11) is 0. The third-order valence-electron chi connectivity index (χ3n) is 3.30. The molecule has 0 saturated heterocycles. The fraction of sp³-hybridized carbons (Fsp3) is 0.778. The number of ether oxygens (including phenoxy) is 3. The van der Waals surface area contributed by atoms with Crippen LogP contribution >= 0.6 is 0 Å². The van der Waals surface area contributed by atoms with Crippen LogP contribution in [0.2, 0.25) is 0 Å². The van der Waals surface area contributed by atoms with Gasteiger partial charge in [-0.25, -0.2) is 4.79 Å². The average molecular weight is 344 g/mol. The van der Waals surface area contributed by atoms with E-state index >= 15 is 0 Å². The van der Waals surface area contributed by atoms with Crippen LogP contribution in [0.25, 0.3) is 0 Å². The number of aliphatic hydroxyl groups excluding tert-OH is 1. The SMILES string of the molecule is CCCCCCCCCC(=O)/C=C\OCC(=O)OCCOCCO. The molecule has 0 saturated carbocycles. The Kier molecular flexibility index (Phi) is 16.9. The molecule has 0 aromatic heterocycles. The topological polar surface area (TPSA) is 82.1 Å². The van der Waals surface area contributed by atoms with Crippen LogP contribution in [0.1, 0.15) is 58.3 Å². The summed E-state index contributed by atoms with van der Waals surface area (Å²) < 4.78 is 14.7. The first-order chi connectivity index (χ1) is 11.7. The molecule has 0 rings (SSSR count). The second kappa shape index (κ2) is 17.9. The van der Waals surface area contributed by atoms with Crippen molar-refractivity contribution in [3.8, 4) is 0 Å². The molecule has 24 heavy (non-hydrogen) atoms. The van der Waals surface area contributed by atoms with Gasteiger partial charge in [0, 0.05) is 12.5 Å². The molecule has 0 radical (unpaired) electrons. The number of carbonyl (C=O) groups is 2. The molecule has 0 aromatic rings. The monoisotopic (exact) mass is 344 g/mol. The van der Waals surface area contributed by atoms with Gasteiger partial charge in [0.1, 0.15) is 6.61 Å². The zero-order valence-corrected chi connectivity index (χ0v) is 14.8. The van der Waals surface area contributed by atoms with Gasteiger partial charge in [-0.3, -0.25) is 4.79 Å².